The summed E-state index contributed by atoms with van der Waals surface area (Å²) in [5, 5.41) is 9.55. The highest BCUT2D eigenvalue weighted by Gasteiger charge is 2.19. The smallest absolute Gasteiger partial charge is 0.0933 e. The number of rotatable bonds is 5. The van der Waals surface area contributed by atoms with Gasteiger partial charge in [-0.25, -0.2) is 5.48 Å². The van der Waals surface area contributed by atoms with Crippen molar-refractivity contribution in [2.24, 2.45) is 5.92 Å². The molecular weight excluding hydrogens is 214 g/mol. The van der Waals surface area contributed by atoms with Crippen LogP contribution in [-0.4, -0.2) is 17.8 Å². The molecule has 0 saturated heterocycles. The summed E-state index contributed by atoms with van der Waals surface area (Å²) in [5.74, 6) is 0.550. The van der Waals surface area contributed by atoms with Crippen molar-refractivity contribution in [1.82, 2.24) is 5.48 Å². The lowest BCUT2D eigenvalue weighted by Crippen LogP contribution is -2.29. The van der Waals surface area contributed by atoms with Crippen molar-refractivity contribution in [3.63, 3.8) is 0 Å². The van der Waals surface area contributed by atoms with E-state index in [0.717, 1.165) is 25.8 Å². The molecule has 2 unspecified atom stereocenters. The minimum absolute atomic E-state index is 0.107. The first kappa shape index (κ1) is 12.6. The van der Waals surface area contributed by atoms with Crippen LogP contribution in [0.1, 0.15) is 31.2 Å². The van der Waals surface area contributed by atoms with Crippen molar-refractivity contribution < 1.29 is 9.94 Å². The molecular formula is C14H21NO2. The number of aliphatic hydroxyl groups excluding tert-OH is 1. The second kappa shape index (κ2) is 6.74. The molecule has 0 bridgehead atoms. The highest BCUT2D eigenvalue weighted by atomic mass is 16.6. The van der Waals surface area contributed by atoms with E-state index >= 15 is 0 Å². The molecule has 2 atom stereocenters. The molecule has 1 saturated carbocycles. The summed E-state index contributed by atoms with van der Waals surface area (Å²) >= 11 is 0. The predicted octanol–water partition coefficient (Wildman–Crippen LogP) is 2.26. The van der Waals surface area contributed by atoms with Crippen molar-refractivity contribution >= 4 is 0 Å². The van der Waals surface area contributed by atoms with Crippen LogP contribution in [0.25, 0.3) is 0 Å². The van der Waals surface area contributed by atoms with Crippen LogP contribution in [-0.2, 0) is 11.4 Å². The lowest BCUT2D eigenvalue weighted by molar-refractivity contribution is 0.00762. The average molecular weight is 235 g/mol. The van der Waals surface area contributed by atoms with Crippen molar-refractivity contribution in [2.45, 2.75) is 38.4 Å². The van der Waals surface area contributed by atoms with E-state index in [9.17, 15) is 5.11 Å². The van der Waals surface area contributed by atoms with Crippen LogP contribution in [0.3, 0.4) is 0 Å². The van der Waals surface area contributed by atoms with E-state index < -0.39 is 0 Å². The molecule has 3 nitrogen and oxygen atoms in total. The van der Waals surface area contributed by atoms with Crippen LogP contribution in [0, 0.1) is 5.92 Å². The topological polar surface area (TPSA) is 41.5 Å². The molecule has 2 N–H and O–H groups in total. The van der Waals surface area contributed by atoms with Gasteiger partial charge in [0.1, 0.15) is 0 Å². The first-order valence-electron chi connectivity index (χ1n) is 6.41. The average Bonchev–Trinajstić information content (AvgIpc) is 2.36. The molecule has 0 radical (unpaired) electrons. The van der Waals surface area contributed by atoms with Crippen molar-refractivity contribution in [3.8, 4) is 0 Å². The Kier molecular flexibility index (Phi) is 4.98. The molecule has 1 aromatic rings. The Morgan fingerprint density at radius 1 is 1.24 bits per heavy atom. The Bertz CT molecular complexity index is 315. The molecule has 2 rings (SSSR count). The first-order valence-corrected chi connectivity index (χ1v) is 6.41. The van der Waals surface area contributed by atoms with Gasteiger partial charge >= 0.3 is 0 Å². The van der Waals surface area contributed by atoms with Crippen LogP contribution in [0.5, 0.6) is 0 Å². The Morgan fingerprint density at radius 3 is 2.82 bits per heavy atom. The van der Waals surface area contributed by atoms with Crippen LogP contribution in [0.4, 0.5) is 0 Å². The fraction of sp³-hybridized carbons (Fsp3) is 0.571. The fourth-order valence-electron chi connectivity index (χ4n) is 2.33. The standard InChI is InChI=1S/C14H21NO2/c16-14-8-4-7-13(9-14)10-15-17-11-12-5-2-1-3-6-12/h1-3,5-6,13-16H,4,7-11H2. The summed E-state index contributed by atoms with van der Waals surface area (Å²) in [7, 11) is 0. The summed E-state index contributed by atoms with van der Waals surface area (Å²) < 4.78 is 0. The van der Waals surface area contributed by atoms with Gasteiger partial charge in [-0.3, -0.25) is 4.84 Å². The van der Waals surface area contributed by atoms with Gasteiger partial charge in [0.25, 0.3) is 0 Å². The SMILES string of the molecule is OC1CCCC(CNOCc2ccccc2)C1. The molecule has 1 fully saturated rings. The number of benzene rings is 1. The Hall–Kier alpha value is -0.900. The van der Waals surface area contributed by atoms with Crippen LogP contribution < -0.4 is 5.48 Å². The first-order chi connectivity index (χ1) is 8.34. The third-order valence-electron chi connectivity index (χ3n) is 3.31. The lowest BCUT2D eigenvalue weighted by atomic mass is 9.87. The van der Waals surface area contributed by atoms with Crippen LogP contribution >= 0.6 is 0 Å². The molecule has 1 aliphatic rings. The number of hydrogen-bond donors (Lipinski definition) is 2. The Labute approximate surface area is 103 Å². The molecule has 1 aliphatic carbocycles. The maximum absolute atomic E-state index is 9.55. The van der Waals surface area contributed by atoms with Gasteiger partial charge in [0.15, 0.2) is 0 Å². The summed E-state index contributed by atoms with van der Waals surface area (Å²) in [6.07, 6.45) is 4.08. The van der Waals surface area contributed by atoms with E-state index in [2.05, 4.69) is 5.48 Å². The monoisotopic (exact) mass is 235 g/mol. The van der Waals surface area contributed by atoms with Gasteiger partial charge in [0, 0.05) is 6.54 Å². The summed E-state index contributed by atoms with van der Waals surface area (Å²) in [4.78, 5) is 5.43. The van der Waals surface area contributed by atoms with Gasteiger partial charge in [-0.1, -0.05) is 36.8 Å². The third-order valence-corrected chi connectivity index (χ3v) is 3.31. The molecule has 0 spiro atoms. The van der Waals surface area contributed by atoms with Gasteiger partial charge in [-0.15, -0.1) is 0 Å². The second-order valence-electron chi connectivity index (χ2n) is 4.81. The van der Waals surface area contributed by atoms with Crippen molar-refractivity contribution in [1.29, 1.82) is 0 Å². The van der Waals surface area contributed by atoms with Gasteiger partial charge in [0.05, 0.1) is 12.7 Å². The molecule has 94 valence electrons. The highest BCUT2D eigenvalue weighted by molar-refractivity contribution is 5.13. The van der Waals surface area contributed by atoms with Gasteiger partial charge in [0.2, 0.25) is 0 Å². The van der Waals surface area contributed by atoms with Crippen molar-refractivity contribution in [2.75, 3.05) is 6.54 Å². The molecule has 1 aromatic carbocycles. The van der Waals surface area contributed by atoms with Crippen LogP contribution in [0.15, 0.2) is 30.3 Å². The Morgan fingerprint density at radius 2 is 2.06 bits per heavy atom. The normalized spacial score (nSPS) is 24.8. The molecule has 0 aromatic heterocycles. The van der Waals surface area contributed by atoms with Gasteiger partial charge in [-0.2, -0.15) is 0 Å². The van der Waals surface area contributed by atoms with E-state index in [0.29, 0.717) is 12.5 Å². The maximum atomic E-state index is 9.55. The molecule has 3 heteroatoms. The largest absolute Gasteiger partial charge is 0.393 e. The molecule has 17 heavy (non-hydrogen) atoms. The quantitative estimate of drug-likeness (QED) is 0.607. The minimum atomic E-state index is -0.107. The summed E-state index contributed by atoms with van der Waals surface area (Å²) in [5.41, 5.74) is 4.18. The Balaban J connectivity index is 1.60. The third kappa shape index (κ3) is 4.46. The van der Waals surface area contributed by atoms with E-state index in [4.69, 9.17) is 4.84 Å². The second-order valence-corrected chi connectivity index (χ2v) is 4.81. The number of hydrogen-bond acceptors (Lipinski definition) is 3. The molecule has 0 amide bonds. The number of hydroxylamine groups is 1. The van der Waals surface area contributed by atoms with E-state index in [1.54, 1.807) is 0 Å². The number of aliphatic hydroxyl groups is 1. The maximum Gasteiger partial charge on any atom is 0.0933 e. The minimum Gasteiger partial charge on any atom is -0.393 e. The molecule has 0 aliphatic heterocycles. The van der Waals surface area contributed by atoms with Crippen molar-refractivity contribution in [3.05, 3.63) is 35.9 Å². The highest BCUT2D eigenvalue weighted by Crippen LogP contribution is 2.23. The van der Waals surface area contributed by atoms with E-state index in [1.165, 1.54) is 12.0 Å². The fourth-order valence-corrected chi connectivity index (χ4v) is 2.33. The molecule has 0 heterocycles. The van der Waals surface area contributed by atoms with E-state index in [-0.39, 0.29) is 6.10 Å². The van der Waals surface area contributed by atoms with Gasteiger partial charge < -0.3 is 5.11 Å². The van der Waals surface area contributed by atoms with Crippen LogP contribution in [0.2, 0.25) is 0 Å². The predicted molar refractivity (Wildman–Crippen MR) is 67.2 cm³/mol. The number of nitrogens with one attached hydrogen (secondary N) is 1. The lowest BCUT2D eigenvalue weighted by Gasteiger charge is -2.25. The van der Waals surface area contributed by atoms with E-state index in [1.807, 2.05) is 30.3 Å². The zero-order valence-electron chi connectivity index (χ0n) is 10.1. The zero-order chi connectivity index (χ0) is 11.9. The summed E-state index contributed by atoms with van der Waals surface area (Å²) in [6, 6.07) is 10.1. The van der Waals surface area contributed by atoms with Gasteiger partial charge in [-0.05, 0) is 30.7 Å². The zero-order valence-corrected chi connectivity index (χ0v) is 10.1. The summed E-state index contributed by atoms with van der Waals surface area (Å²) in [6.45, 7) is 1.43.